The molecule has 0 aromatic heterocycles. The Morgan fingerprint density at radius 3 is 2.33 bits per heavy atom. The van der Waals surface area contributed by atoms with Crippen LogP contribution >= 0.6 is 0 Å². The van der Waals surface area contributed by atoms with E-state index in [0.29, 0.717) is 6.54 Å². The number of rotatable bonds is 2. The third-order valence-electron chi connectivity index (χ3n) is 3.93. The van der Waals surface area contributed by atoms with E-state index in [1.54, 1.807) is 4.90 Å². The fraction of sp³-hybridized carbons (Fsp3) is 0.235. The number of likely N-dealkylation sites (N-methyl/N-ethyl adjacent to an activating group) is 1. The summed E-state index contributed by atoms with van der Waals surface area (Å²) in [4.78, 5) is 16.7. The normalized spacial score (nSPS) is 15.5. The molecule has 21 heavy (non-hydrogen) atoms. The molecule has 4 heteroatoms. The van der Waals surface area contributed by atoms with Gasteiger partial charge in [-0.05, 0) is 17.7 Å². The van der Waals surface area contributed by atoms with Crippen LogP contribution in [-0.2, 0) is 4.79 Å². The van der Waals surface area contributed by atoms with Crippen molar-refractivity contribution in [2.24, 2.45) is 5.73 Å². The molecule has 4 nitrogen and oxygen atoms in total. The second-order valence-electron chi connectivity index (χ2n) is 5.29. The molecule has 0 bridgehead atoms. The van der Waals surface area contributed by atoms with Crippen molar-refractivity contribution in [1.29, 1.82) is 0 Å². The molecule has 2 N–H and O–H groups in total. The van der Waals surface area contributed by atoms with Crippen LogP contribution in [0.15, 0.2) is 54.6 Å². The fourth-order valence-electron chi connectivity index (χ4n) is 2.71. The molecule has 0 saturated carbocycles. The van der Waals surface area contributed by atoms with Crippen LogP contribution in [0.1, 0.15) is 11.6 Å². The van der Waals surface area contributed by atoms with E-state index in [4.69, 9.17) is 5.73 Å². The van der Waals surface area contributed by atoms with Crippen LogP contribution in [0.3, 0.4) is 0 Å². The molecule has 1 atom stereocenters. The van der Waals surface area contributed by atoms with Crippen molar-refractivity contribution in [1.82, 2.24) is 0 Å². The summed E-state index contributed by atoms with van der Waals surface area (Å²) in [6, 6.07) is 16.8. The van der Waals surface area contributed by atoms with Crippen molar-refractivity contribution in [2.45, 2.75) is 6.04 Å². The molecule has 2 aromatic rings. The van der Waals surface area contributed by atoms with Crippen LogP contribution in [0.2, 0.25) is 0 Å². The number of benzene rings is 2. The van der Waals surface area contributed by atoms with Crippen LogP contribution in [0, 0.1) is 0 Å². The number of fused-ring (bicyclic) bond motifs is 1. The Bertz CT molecular complexity index is 641. The Hall–Kier alpha value is -2.33. The molecule has 3 rings (SSSR count). The van der Waals surface area contributed by atoms with E-state index in [9.17, 15) is 4.79 Å². The Balaban J connectivity index is 1.91. The first kappa shape index (κ1) is 13.6. The maximum absolute atomic E-state index is 12.8. The summed E-state index contributed by atoms with van der Waals surface area (Å²) < 4.78 is 0. The van der Waals surface area contributed by atoms with Crippen LogP contribution in [-0.4, -0.2) is 26.0 Å². The van der Waals surface area contributed by atoms with Gasteiger partial charge in [0.1, 0.15) is 6.04 Å². The third kappa shape index (κ3) is 2.50. The zero-order valence-electron chi connectivity index (χ0n) is 12.1. The molecular weight excluding hydrogens is 262 g/mol. The number of carbonyl (C=O) groups excluding carboxylic acids is 1. The van der Waals surface area contributed by atoms with Crippen molar-refractivity contribution in [2.75, 3.05) is 29.9 Å². The van der Waals surface area contributed by atoms with Crippen molar-refractivity contribution in [3.63, 3.8) is 0 Å². The number of anilines is 2. The second kappa shape index (κ2) is 5.58. The molecule has 108 valence electrons. The summed E-state index contributed by atoms with van der Waals surface area (Å²) in [6.07, 6.45) is 0. The van der Waals surface area contributed by atoms with Crippen molar-refractivity contribution < 1.29 is 4.79 Å². The number of hydrogen-bond donors (Lipinski definition) is 1. The number of nitrogens with two attached hydrogens (primary N) is 1. The number of hydrogen-bond acceptors (Lipinski definition) is 3. The Morgan fingerprint density at radius 1 is 1.00 bits per heavy atom. The summed E-state index contributed by atoms with van der Waals surface area (Å²) in [7, 11) is 2.04. The van der Waals surface area contributed by atoms with Crippen molar-refractivity contribution >= 4 is 17.3 Å². The van der Waals surface area contributed by atoms with E-state index in [-0.39, 0.29) is 5.91 Å². The first-order chi connectivity index (χ1) is 10.2. The molecular formula is C17H19N3O. The van der Waals surface area contributed by atoms with E-state index < -0.39 is 6.04 Å². The molecule has 0 fully saturated rings. The zero-order valence-corrected chi connectivity index (χ0v) is 12.1. The van der Waals surface area contributed by atoms with Crippen molar-refractivity contribution in [3.8, 4) is 0 Å². The Labute approximate surface area is 124 Å². The van der Waals surface area contributed by atoms with E-state index in [1.165, 1.54) is 0 Å². The smallest absolute Gasteiger partial charge is 0.248 e. The molecule has 0 saturated heterocycles. The van der Waals surface area contributed by atoms with Gasteiger partial charge in [0, 0.05) is 20.1 Å². The first-order valence-electron chi connectivity index (χ1n) is 7.10. The van der Waals surface area contributed by atoms with Crippen LogP contribution in [0.4, 0.5) is 11.4 Å². The molecule has 1 aliphatic heterocycles. The minimum absolute atomic E-state index is 0.0539. The molecule has 1 heterocycles. The molecule has 0 aliphatic carbocycles. The van der Waals surface area contributed by atoms with E-state index >= 15 is 0 Å². The zero-order chi connectivity index (χ0) is 14.8. The number of para-hydroxylation sites is 2. The van der Waals surface area contributed by atoms with Crippen LogP contribution < -0.4 is 15.5 Å². The summed E-state index contributed by atoms with van der Waals surface area (Å²) >= 11 is 0. The summed E-state index contributed by atoms with van der Waals surface area (Å²) in [5, 5.41) is 0. The predicted molar refractivity (Wildman–Crippen MR) is 85.4 cm³/mol. The molecule has 0 radical (unpaired) electrons. The highest BCUT2D eigenvalue weighted by Gasteiger charge is 2.28. The monoisotopic (exact) mass is 281 g/mol. The fourth-order valence-corrected chi connectivity index (χ4v) is 2.71. The lowest BCUT2D eigenvalue weighted by molar-refractivity contribution is -0.120. The van der Waals surface area contributed by atoms with Crippen LogP contribution in [0.25, 0.3) is 0 Å². The predicted octanol–water partition coefficient (Wildman–Crippen LogP) is 2.17. The van der Waals surface area contributed by atoms with Gasteiger partial charge in [-0.1, -0.05) is 42.5 Å². The molecule has 1 aliphatic rings. The molecule has 1 amide bonds. The Morgan fingerprint density at radius 2 is 1.62 bits per heavy atom. The van der Waals surface area contributed by atoms with Gasteiger partial charge in [0.25, 0.3) is 0 Å². The SMILES string of the molecule is CN1CCN(C(=O)[C@@H](N)c2ccccc2)c2ccccc21. The number of carbonyl (C=O) groups is 1. The minimum atomic E-state index is -0.623. The topological polar surface area (TPSA) is 49.6 Å². The number of amides is 1. The lowest BCUT2D eigenvalue weighted by Crippen LogP contribution is -2.46. The summed E-state index contributed by atoms with van der Waals surface area (Å²) in [5.74, 6) is -0.0539. The highest BCUT2D eigenvalue weighted by atomic mass is 16.2. The van der Waals surface area contributed by atoms with Gasteiger partial charge in [0.05, 0.1) is 11.4 Å². The van der Waals surface area contributed by atoms with E-state index in [1.807, 2.05) is 61.6 Å². The second-order valence-corrected chi connectivity index (χ2v) is 5.29. The van der Waals surface area contributed by atoms with Crippen LogP contribution in [0.5, 0.6) is 0 Å². The molecule has 0 unspecified atom stereocenters. The largest absolute Gasteiger partial charge is 0.371 e. The van der Waals surface area contributed by atoms with Gasteiger partial charge >= 0.3 is 0 Å². The van der Waals surface area contributed by atoms with Gasteiger partial charge in [-0.15, -0.1) is 0 Å². The van der Waals surface area contributed by atoms with Gasteiger partial charge in [-0.2, -0.15) is 0 Å². The van der Waals surface area contributed by atoms with Gasteiger partial charge in [0.15, 0.2) is 0 Å². The summed E-state index contributed by atoms with van der Waals surface area (Å²) in [6.45, 7) is 1.47. The van der Waals surface area contributed by atoms with Gasteiger partial charge in [0.2, 0.25) is 5.91 Å². The van der Waals surface area contributed by atoms with E-state index in [2.05, 4.69) is 4.90 Å². The molecule has 2 aromatic carbocycles. The third-order valence-corrected chi connectivity index (χ3v) is 3.93. The lowest BCUT2D eigenvalue weighted by atomic mass is 10.1. The average Bonchev–Trinajstić information content (AvgIpc) is 2.55. The molecule has 0 spiro atoms. The quantitative estimate of drug-likeness (QED) is 0.918. The standard InChI is InChI=1S/C17H19N3O/c1-19-11-12-20(15-10-6-5-9-14(15)19)17(21)16(18)13-7-3-2-4-8-13/h2-10,16H,11-12,18H2,1H3/t16-/m0/s1. The first-order valence-corrected chi connectivity index (χ1v) is 7.10. The minimum Gasteiger partial charge on any atom is -0.371 e. The number of nitrogens with zero attached hydrogens (tertiary/aromatic N) is 2. The maximum Gasteiger partial charge on any atom is 0.248 e. The Kier molecular flexibility index (Phi) is 3.62. The maximum atomic E-state index is 12.8. The highest BCUT2D eigenvalue weighted by Crippen LogP contribution is 2.33. The average molecular weight is 281 g/mol. The van der Waals surface area contributed by atoms with Gasteiger partial charge in [-0.3, -0.25) is 4.79 Å². The lowest BCUT2D eigenvalue weighted by Gasteiger charge is -2.36. The van der Waals surface area contributed by atoms with E-state index in [0.717, 1.165) is 23.5 Å². The highest BCUT2D eigenvalue weighted by molar-refractivity contribution is 6.01. The van der Waals surface area contributed by atoms with Gasteiger partial charge in [-0.25, -0.2) is 0 Å². The van der Waals surface area contributed by atoms with Crippen molar-refractivity contribution in [3.05, 3.63) is 60.2 Å². The summed E-state index contributed by atoms with van der Waals surface area (Å²) in [5.41, 5.74) is 9.00. The van der Waals surface area contributed by atoms with Gasteiger partial charge < -0.3 is 15.5 Å².